The third-order valence-electron chi connectivity index (χ3n) is 4.79. The van der Waals surface area contributed by atoms with E-state index in [2.05, 4.69) is 9.97 Å². The molecule has 0 N–H and O–H groups in total. The standard InChI is InChI=1S/C23H19N3O5S/c1-26(32(28,29)19-13-11-17(30-2)12-14-19)16-7-9-18(10-8-16)31-23(27)22-15-24-20-5-3-4-6-21(20)25-22/h3-15H,1-2H3. The number of fused-ring (bicyclic) bond motifs is 1. The minimum Gasteiger partial charge on any atom is -0.497 e. The van der Waals surface area contributed by atoms with Gasteiger partial charge in [-0.2, -0.15) is 0 Å². The smallest absolute Gasteiger partial charge is 0.363 e. The Morgan fingerprint density at radius 2 is 1.50 bits per heavy atom. The number of methoxy groups -OCH3 is 1. The largest absolute Gasteiger partial charge is 0.497 e. The van der Waals surface area contributed by atoms with E-state index in [9.17, 15) is 13.2 Å². The molecule has 3 aromatic carbocycles. The van der Waals surface area contributed by atoms with Crippen LogP contribution in [0.4, 0.5) is 5.69 Å². The van der Waals surface area contributed by atoms with Gasteiger partial charge in [-0.05, 0) is 60.7 Å². The first-order valence-corrected chi connectivity index (χ1v) is 11.0. The van der Waals surface area contributed by atoms with Crippen LogP contribution in [0.5, 0.6) is 11.5 Å². The van der Waals surface area contributed by atoms with Crippen LogP contribution in [-0.2, 0) is 10.0 Å². The van der Waals surface area contributed by atoms with Crippen LogP contribution in [0.1, 0.15) is 10.5 Å². The fourth-order valence-corrected chi connectivity index (χ4v) is 4.18. The number of hydrogen-bond acceptors (Lipinski definition) is 7. The number of esters is 1. The van der Waals surface area contributed by atoms with Gasteiger partial charge in [0.1, 0.15) is 11.5 Å². The molecule has 162 valence electrons. The first-order valence-electron chi connectivity index (χ1n) is 9.55. The van der Waals surface area contributed by atoms with Crippen LogP contribution in [0, 0.1) is 0 Å². The van der Waals surface area contributed by atoms with Crippen LogP contribution < -0.4 is 13.8 Å². The Labute approximate surface area is 185 Å². The van der Waals surface area contributed by atoms with Crippen molar-refractivity contribution in [1.82, 2.24) is 9.97 Å². The first-order chi connectivity index (χ1) is 15.4. The van der Waals surface area contributed by atoms with Gasteiger partial charge in [0.05, 0.1) is 34.9 Å². The van der Waals surface area contributed by atoms with Crippen molar-refractivity contribution in [2.75, 3.05) is 18.5 Å². The molecule has 0 fully saturated rings. The zero-order chi connectivity index (χ0) is 22.7. The number of carbonyl (C=O) groups is 1. The molecule has 4 rings (SSSR count). The van der Waals surface area contributed by atoms with Gasteiger partial charge in [0.15, 0.2) is 5.69 Å². The quantitative estimate of drug-likeness (QED) is 0.327. The first kappa shape index (κ1) is 21.3. The maximum Gasteiger partial charge on any atom is 0.363 e. The highest BCUT2D eigenvalue weighted by Gasteiger charge is 2.21. The van der Waals surface area contributed by atoms with Gasteiger partial charge < -0.3 is 9.47 Å². The highest BCUT2D eigenvalue weighted by Crippen LogP contribution is 2.26. The summed E-state index contributed by atoms with van der Waals surface area (Å²) in [4.78, 5) is 21.0. The number of aromatic nitrogens is 2. The summed E-state index contributed by atoms with van der Waals surface area (Å²) < 4.78 is 37.3. The van der Waals surface area contributed by atoms with E-state index in [0.29, 0.717) is 22.5 Å². The molecule has 32 heavy (non-hydrogen) atoms. The van der Waals surface area contributed by atoms with Gasteiger partial charge in [0.2, 0.25) is 0 Å². The second kappa shape index (κ2) is 8.64. The normalized spacial score (nSPS) is 11.2. The highest BCUT2D eigenvalue weighted by atomic mass is 32.2. The summed E-state index contributed by atoms with van der Waals surface area (Å²) in [5, 5.41) is 0. The molecule has 0 saturated heterocycles. The van der Waals surface area contributed by atoms with Crippen LogP contribution >= 0.6 is 0 Å². The molecule has 1 heterocycles. The number of rotatable bonds is 6. The van der Waals surface area contributed by atoms with E-state index in [0.717, 1.165) is 4.31 Å². The lowest BCUT2D eigenvalue weighted by Gasteiger charge is -2.20. The molecule has 1 aromatic heterocycles. The molecule has 0 spiro atoms. The third kappa shape index (κ3) is 4.23. The zero-order valence-corrected chi connectivity index (χ0v) is 18.1. The summed E-state index contributed by atoms with van der Waals surface area (Å²) >= 11 is 0. The van der Waals surface area contributed by atoms with E-state index in [1.54, 1.807) is 42.5 Å². The Bertz CT molecular complexity index is 1370. The molecule has 0 aliphatic rings. The van der Waals surface area contributed by atoms with Crippen LogP contribution in [0.25, 0.3) is 11.0 Å². The molecule has 0 bridgehead atoms. The molecular formula is C23H19N3O5S. The predicted octanol–water partition coefficient (Wildman–Crippen LogP) is 3.68. The minimum atomic E-state index is -3.76. The number of sulfonamides is 1. The number of anilines is 1. The molecular weight excluding hydrogens is 430 g/mol. The summed E-state index contributed by atoms with van der Waals surface area (Å²) in [5.74, 6) is 0.160. The van der Waals surface area contributed by atoms with E-state index in [4.69, 9.17) is 9.47 Å². The number of benzene rings is 3. The fraction of sp³-hybridized carbons (Fsp3) is 0.0870. The minimum absolute atomic E-state index is 0.0759. The van der Waals surface area contributed by atoms with Gasteiger partial charge in [0.25, 0.3) is 10.0 Å². The second-order valence-corrected chi connectivity index (χ2v) is 8.74. The number of nitrogens with zero attached hydrogens (tertiary/aromatic N) is 3. The summed E-state index contributed by atoms with van der Waals surface area (Å²) in [6, 6.07) is 19.5. The van der Waals surface area contributed by atoms with Gasteiger partial charge in [0, 0.05) is 7.05 Å². The van der Waals surface area contributed by atoms with E-state index in [1.807, 2.05) is 6.07 Å². The lowest BCUT2D eigenvalue weighted by molar-refractivity contribution is 0.0728. The van der Waals surface area contributed by atoms with Crippen molar-refractivity contribution in [2.45, 2.75) is 4.90 Å². The Kier molecular flexibility index (Phi) is 5.74. The Morgan fingerprint density at radius 3 is 2.16 bits per heavy atom. The molecule has 0 aliphatic carbocycles. The van der Waals surface area contributed by atoms with Crippen LogP contribution in [-0.4, -0.2) is 38.5 Å². The zero-order valence-electron chi connectivity index (χ0n) is 17.3. The molecule has 0 radical (unpaired) electrons. The van der Waals surface area contributed by atoms with Crippen LogP contribution in [0.2, 0.25) is 0 Å². The lowest BCUT2D eigenvalue weighted by atomic mass is 10.3. The monoisotopic (exact) mass is 449 g/mol. The second-order valence-electron chi connectivity index (χ2n) is 6.78. The van der Waals surface area contributed by atoms with Crippen molar-refractivity contribution < 1.29 is 22.7 Å². The SMILES string of the molecule is COc1ccc(S(=O)(=O)N(C)c2ccc(OC(=O)c3cnc4ccccc4n3)cc2)cc1. The lowest BCUT2D eigenvalue weighted by Crippen LogP contribution is -2.26. The summed E-state index contributed by atoms with van der Waals surface area (Å²) in [7, 11) is -0.805. The summed E-state index contributed by atoms with van der Waals surface area (Å²) in [6.45, 7) is 0. The van der Waals surface area contributed by atoms with Crippen molar-refractivity contribution in [3.05, 3.63) is 84.7 Å². The van der Waals surface area contributed by atoms with E-state index in [-0.39, 0.29) is 16.3 Å². The topological polar surface area (TPSA) is 98.7 Å². The number of hydrogen-bond donors (Lipinski definition) is 0. The Morgan fingerprint density at radius 1 is 0.875 bits per heavy atom. The molecule has 9 heteroatoms. The van der Waals surface area contributed by atoms with Crippen molar-refractivity contribution in [3.8, 4) is 11.5 Å². The fourth-order valence-electron chi connectivity index (χ4n) is 2.98. The summed E-state index contributed by atoms with van der Waals surface area (Å²) in [6.07, 6.45) is 1.36. The maximum absolute atomic E-state index is 12.9. The average Bonchev–Trinajstić information content (AvgIpc) is 2.83. The van der Waals surface area contributed by atoms with E-state index < -0.39 is 16.0 Å². The Hall–Kier alpha value is -3.98. The Balaban J connectivity index is 1.49. The molecule has 0 aliphatic heterocycles. The molecule has 0 unspecified atom stereocenters. The molecule has 4 aromatic rings. The number of carbonyl (C=O) groups excluding carboxylic acids is 1. The van der Waals surface area contributed by atoms with Gasteiger partial charge >= 0.3 is 5.97 Å². The van der Waals surface area contributed by atoms with Gasteiger partial charge in [-0.25, -0.2) is 18.2 Å². The third-order valence-corrected chi connectivity index (χ3v) is 6.59. The number of para-hydroxylation sites is 2. The van der Waals surface area contributed by atoms with Gasteiger partial charge in [-0.1, -0.05) is 12.1 Å². The average molecular weight is 449 g/mol. The maximum atomic E-state index is 12.9. The van der Waals surface area contributed by atoms with Crippen molar-refractivity contribution >= 4 is 32.7 Å². The molecule has 8 nitrogen and oxygen atoms in total. The van der Waals surface area contributed by atoms with Crippen molar-refractivity contribution in [1.29, 1.82) is 0 Å². The van der Waals surface area contributed by atoms with Crippen molar-refractivity contribution in [2.24, 2.45) is 0 Å². The van der Waals surface area contributed by atoms with Crippen LogP contribution in [0.15, 0.2) is 83.9 Å². The molecule has 0 atom stereocenters. The summed E-state index contributed by atoms with van der Waals surface area (Å²) in [5.41, 5.74) is 1.75. The van der Waals surface area contributed by atoms with Gasteiger partial charge in [-0.15, -0.1) is 0 Å². The highest BCUT2D eigenvalue weighted by molar-refractivity contribution is 7.92. The molecule has 0 saturated carbocycles. The number of ether oxygens (including phenoxy) is 2. The van der Waals surface area contributed by atoms with Crippen molar-refractivity contribution in [3.63, 3.8) is 0 Å². The molecule has 0 amide bonds. The van der Waals surface area contributed by atoms with Gasteiger partial charge in [-0.3, -0.25) is 9.29 Å². The van der Waals surface area contributed by atoms with E-state index in [1.165, 1.54) is 44.6 Å². The van der Waals surface area contributed by atoms with E-state index >= 15 is 0 Å². The van der Waals surface area contributed by atoms with Crippen LogP contribution in [0.3, 0.4) is 0 Å². The predicted molar refractivity (Wildman–Crippen MR) is 120 cm³/mol.